The smallest absolute Gasteiger partial charge is 0.161 e. The van der Waals surface area contributed by atoms with E-state index in [-0.39, 0.29) is 0 Å². The van der Waals surface area contributed by atoms with Crippen LogP contribution in [0.1, 0.15) is 31.9 Å². The van der Waals surface area contributed by atoms with Crippen LogP contribution in [0.2, 0.25) is 0 Å². The maximum absolute atomic E-state index is 9.98. The summed E-state index contributed by atoms with van der Waals surface area (Å²) in [6.45, 7) is 4.39. The molecular weight excluding hydrogens is 220 g/mol. The molecule has 0 saturated carbocycles. The molecule has 1 atom stereocenters. The highest BCUT2D eigenvalue weighted by Crippen LogP contribution is 2.34. The Morgan fingerprint density at radius 3 is 2.47 bits per heavy atom. The summed E-state index contributed by atoms with van der Waals surface area (Å²) in [5.41, 5.74) is -0.554. The maximum Gasteiger partial charge on any atom is 0.161 e. The molecule has 0 aliphatic carbocycles. The van der Waals surface area contributed by atoms with Crippen LogP contribution in [-0.2, 0) is 0 Å². The van der Waals surface area contributed by atoms with Crippen molar-refractivity contribution in [2.45, 2.75) is 32.0 Å². The zero-order valence-electron chi connectivity index (χ0n) is 10.1. The lowest BCUT2D eigenvalue weighted by atomic mass is 9.95. The largest absolute Gasteiger partial charge is 0.490 e. The number of aliphatic hydroxyl groups excluding tert-OH is 1. The molecule has 1 aliphatic heterocycles. The average molecular weight is 238 g/mol. The van der Waals surface area contributed by atoms with E-state index in [1.807, 2.05) is 0 Å². The number of fused-ring (bicyclic) bond motifs is 1. The molecule has 0 aromatic heterocycles. The van der Waals surface area contributed by atoms with Crippen LogP contribution in [0.3, 0.4) is 0 Å². The third kappa shape index (κ3) is 2.70. The van der Waals surface area contributed by atoms with Gasteiger partial charge in [0.05, 0.1) is 18.8 Å². The van der Waals surface area contributed by atoms with Crippen LogP contribution in [0.25, 0.3) is 0 Å². The highest BCUT2D eigenvalue weighted by molar-refractivity contribution is 5.44. The van der Waals surface area contributed by atoms with Gasteiger partial charge in [-0.1, -0.05) is 6.07 Å². The van der Waals surface area contributed by atoms with Gasteiger partial charge in [0.25, 0.3) is 0 Å². The van der Waals surface area contributed by atoms with E-state index >= 15 is 0 Å². The third-order valence-electron chi connectivity index (χ3n) is 2.76. The van der Waals surface area contributed by atoms with Crippen molar-refractivity contribution in [2.24, 2.45) is 0 Å². The first-order valence-electron chi connectivity index (χ1n) is 5.78. The molecule has 17 heavy (non-hydrogen) atoms. The average Bonchev–Trinajstić information content (AvgIpc) is 2.50. The summed E-state index contributed by atoms with van der Waals surface area (Å²) >= 11 is 0. The first-order chi connectivity index (χ1) is 7.98. The molecule has 0 radical (unpaired) electrons. The van der Waals surface area contributed by atoms with Crippen molar-refractivity contribution in [3.63, 3.8) is 0 Å². The lowest BCUT2D eigenvalue weighted by molar-refractivity contribution is -0.0497. The predicted molar refractivity (Wildman–Crippen MR) is 63.3 cm³/mol. The Morgan fingerprint density at radius 2 is 1.82 bits per heavy atom. The van der Waals surface area contributed by atoms with Crippen molar-refractivity contribution in [1.82, 2.24) is 0 Å². The van der Waals surface area contributed by atoms with Gasteiger partial charge >= 0.3 is 0 Å². The van der Waals surface area contributed by atoms with Crippen LogP contribution in [0.15, 0.2) is 18.2 Å². The van der Waals surface area contributed by atoms with Crippen molar-refractivity contribution in [2.75, 3.05) is 13.2 Å². The van der Waals surface area contributed by atoms with Crippen molar-refractivity contribution in [3.8, 4) is 11.5 Å². The number of aliphatic hydroxyl groups is 2. The van der Waals surface area contributed by atoms with E-state index < -0.39 is 11.7 Å². The van der Waals surface area contributed by atoms with E-state index in [2.05, 4.69) is 0 Å². The fourth-order valence-electron chi connectivity index (χ4n) is 1.76. The van der Waals surface area contributed by atoms with E-state index in [1.165, 1.54) is 0 Å². The molecule has 0 saturated heterocycles. The predicted octanol–water partition coefficient (Wildman–Crippen LogP) is 1.65. The van der Waals surface area contributed by atoms with Crippen LogP contribution in [0.5, 0.6) is 11.5 Å². The minimum Gasteiger partial charge on any atom is -0.490 e. The van der Waals surface area contributed by atoms with Gasteiger partial charge in [-0.2, -0.15) is 0 Å². The number of ether oxygens (including phenoxy) is 2. The highest BCUT2D eigenvalue weighted by atomic mass is 16.5. The Balaban J connectivity index is 2.29. The van der Waals surface area contributed by atoms with E-state index in [9.17, 15) is 10.2 Å². The van der Waals surface area contributed by atoms with Crippen molar-refractivity contribution in [3.05, 3.63) is 23.8 Å². The molecule has 1 aromatic carbocycles. The lowest BCUT2D eigenvalue weighted by Crippen LogP contribution is -2.28. The molecule has 0 amide bonds. The molecule has 0 spiro atoms. The van der Waals surface area contributed by atoms with Crippen molar-refractivity contribution >= 4 is 0 Å². The van der Waals surface area contributed by atoms with E-state index in [1.54, 1.807) is 32.0 Å². The number of benzene rings is 1. The maximum atomic E-state index is 9.98. The summed E-state index contributed by atoms with van der Waals surface area (Å²) in [7, 11) is 0. The minimum absolute atomic E-state index is 0.606. The Bertz CT molecular complexity index is 395. The second-order valence-corrected chi connectivity index (χ2v) is 4.81. The zero-order valence-corrected chi connectivity index (χ0v) is 10.1. The van der Waals surface area contributed by atoms with Gasteiger partial charge in [-0.25, -0.2) is 0 Å². The molecule has 4 heteroatoms. The Morgan fingerprint density at radius 1 is 1.18 bits per heavy atom. The molecule has 1 unspecified atom stereocenters. The monoisotopic (exact) mass is 238 g/mol. The molecular formula is C13H18O4. The second kappa shape index (κ2) is 4.55. The molecule has 2 N–H and O–H groups in total. The first kappa shape index (κ1) is 12.2. The topological polar surface area (TPSA) is 58.9 Å². The zero-order chi connectivity index (χ0) is 12.5. The standard InChI is InChI=1S/C13H18O4/c1-13(2,15)12(14)9-4-5-10-11(8-9)17-7-3-6-16-10/h4-5,8,12,14-15H,3,6-7H2,1-2H3. The van der Waals surface area contributed by atoms with Gasteiger partial charge < -0.3 is 19.7 Å². The fraction of sp³-hybridized carbons (Fsp3) is 0.538. The summed E-state index contributed by atoms with van der Waals surface area (Å²) in [6.07, 6.45) is -0.0995. The van der Waals surface area contributed by atoms with E-state index in [4.69, 9.17) is 9.47 Å². The Kier molecular flexibility index (Phi) is 3.26. The molecule has 2 rings (SSSR count). The van der Waals surface area contributed by atoms with Gasteiger partial charge in [-0.3, -0.25) is 0 Å². The van der Waals surface area contributed by atoms with E-state index in [0.29, 0.717) is 30.3 Å². The fourth-order valence-corrected chi connectivity index (χ4v) is 1.76. The van der Waals surface area contributed by atoms with Crippen LogP contribution >= 0.6 is 0 Å². The van der Waals surface area contributed by atoms with Crippen LogP contribution < -0.4 is 9.47 Å². The Hall–Kier alpha value is -1.26. The van der Waals surface area contributed by atoms with Gasteiger partial charge in [0.15, 0.2) is 11.5 Å². The third-order valence-corrected chi connectivity index (χ3v) is 2.76. The van der Waals surface area contributed by atoms with Gasteiger partial charge in [0, 0.05) is 6.42 Å². The first-order valence-corrected chi connectivity index (χ1v) is 5.78. The quantitative estimate of drug-likeness (QED) is 0.822. The van der Waals surface area contributed by atoms with Crippen LogP contribution in [0.4, 0.5) is 0 Å². The summed E-state index contributed by atoms with van der Waals surface area (Å²) < 4.78 is 11.0. The SMILES string of the molecule is CC(C)(O)C(O)c1ccc2c(c1)OCCCO2. The van der Waals surface area contributed by atoms with Gasteiger partial charge in [0.1, 0.15) is 6.10 Å². The molecule has 1 heterocycles. The number of hydrogen-bond acceptors (Lipinski definition) is 4. The summed E-state index contributed by atoms with van der Waals surface area (Å²) in [5.74, 6) is 1.32. The number of hydrogen-bond donors (Lipinski definition) is 2. The lowest BCUT2D eigenvalue weighted by Gasteiger charge is -2.25. The Labute approximate surface area is 101 Å². The molecule has 0 fully saturated rings. The van der Waals surface area contributed by atoms with Crippen LogP contribution in [0, 0.1) is 0 Å². The van der Waals surface area contributed by atoms with Gasteiger partial charge in [-0.05, 0) is 31.5 Å². The summed E-state index contributed by atoms with van der Waals surface area (Å²) in [5, 5.41) is 19.8. The molecule has 1 aromatic rings. The second-order valence-electron chi connectivity index (χ2n) is 4.81. The van der Waals surface area contributed by atoms with Crippen molar-refractivity contribution < 1.29 is 19.7 Å². The molecule has 1 aliphatic rings. The van der Waals surface area contributed by atoms with Gasteiger partial charge in [-0.15, -0.1) is 0 Å². The number of rotatable bonds is 2. The molecule has 0 bridgehead atoms. The highest BCUT2D eigenvalue weighted by Gasteiger charge is 2.27. The van der Waals surface area contributed by atoms with Gasteiger partial charge in [0.2, 0.25) is 0 Å². The molecule has 94 valence electrons. The van der Waals surface area contributed by atoms with Crippen molar-refractivity contribution in [1.29, 1.82) is 0 Å². The van der Waals surface area contributed by atoms with E-state index in [0.717, 1.165) is 6.42 Å². The van der Waals surface area contributed by atoms with Crippen LogP contribution in [-0.4, -0.2) is 29.0 Å². The summed E-state index contributed by atoms with van der Waals surface area (Å²) in [6, 6.07) is 5.24. The summed E-state index contributed by atoms with van der Waals surface area (Å²) in [4.78, 5) is 0. The normalized spacial score (nSPS) is 17.4. The molecule has 4 nitrogen and oxygen atoms in total. The minimum atomic E-state index is -1.18.